The molecule has 1 aromatic heterocycles. The van der Waals surface area contributed by atoms with Crippen LogP contribution in [0, 0.1) is 0 Å². The largest absolute Gasteiger partial charge is 0.494 e. The van der Waals surface area contributed by atoms with Crippen LogP contribution in [-0.4, -0.2) is 40.2 Å². The van der Waals surface area contributed by atoms with E-state index in [9.17, 15) is 0 Å². The number of rotatable bonds is 7. The number of hydrogen-bond donors (Lipinski definition) is 1. The number of nitrogens with two attached hydrogens (primary N) is 1. The molecular weight excluding hydrogens is 300 g/mol. The van der Waals surface area contributed by atoms with Crippen LogP contribution in [0.4, 0.5) is 0 Å². The lowest BCUT2D eigenvalue weighted by Crippen LogP contribution is -2.26. The van der Waals surface area contributed by atoms with E-state index in [0.717, 1.165) is 57.8 Å². The maximum atomic E-state index is 6.05. The van der Waals surface area contributed by atoms with Gasteiger partial charge in [-0.25, -0.2) is 4.98 Å². The van der Waals surface area contributed by atoms with Crippen LogP contribution in [0.15, 0.2) is 43.0 Å². The highest BCUT2D eigenvalue weighted by atomic mass is 16.5. The number of hydrogen-bond acceptors (Lipinski definition) is 4. The zero-order chi connectivity index (χ0) is 16.6. The van der Waals surface area contributed by atoms with Gasteiger partial charge in [-0.3, -0.25) is 4.90 Å². The minimum atomic E-state index is 0.382. The molecule has 1 unspecified atom stereocenters. The van der Waals surface area contributed by atoms with Crippen molar-refractivity contribution in [2.75, 3.05) is 19.7 Å². The van der Waals surface area contributed by atoms with Crippen molar-refractivity contribution < 1.29 is 4.74 Å². The van der Waals surface area contributed by atoms with Gasteiger partial charge < -0.3 is 15.0 Å². The predicted molar refractivity (Wildman–Crippen MR) is 95.9 cm³/mol. The van der Waals surface area contributed by atoms with Crippen molar-refractivity contribution in [3.05, 3.63) is 48.5 Å². The van der Waals surface area contributed by atoms with Crippen molar-refractivity contribution in [3.63, 3.8) is 0 Å². The Morgan fingerprint density at radius 1 is 1.17 bits per heavy atom. The van der Waals surface area contributed by atoms with Crippen molar-refractivity contribution >= 4 is 0 Å². The van der Waals surface area contributed by atoms with Gasteiger partial charge in [-0.1, -0.05) is 12.1 Å². The standard InChI is InChI=1S/C19H28N4O/c20-18-3-1-10-22(12-8-18)15-17-4-6-19(7-5-17)24-14-2-11-23-13-9-21-16-23/h4-7,9,13,16,18H,1-3,8,10-12,14-15,20H2. The van der Waals surface area contributed by atoms with Gasteiger partial charge in [-0.2, -0.15) is 0 Å². The number of likely N-dealkylation sites (tertiary alicyclic amines) is 1. The van der Waals surface area contributed by atoms with Gasteiger partial charge in [0.1, 0.15) is 5.75 Å². The normalized spacial score (nSPS) is 19.1. The van der Waals surface area contributed by atoms with Crippen LogP contribution in [0.3, 0.4) is 0 Å². The summed E-state index contributed by atoms with van der Waals surface area (Å²) < 4.78 is 7.89. The Labute approximate surface area is 144 Å². The Bertz CT molecular complexity index is 582. The van der Waals surface area contributed by atoms with Crippen molar-refractivity contribution in [2.24, 2.45) is 5.73 Å². The second kappa shape index (κ2) is 8.85. The highest BCUT2D eigenvalue weighted by Gasteiger charge is 2.14. The second-order valence-corrected chi connectivity index (χ2v) is 6.61. The molecule has 1 atom stereocenters. The van der Waals surface area contributed by atoms with E-state index >= 15 is 0 Å². The van der Waals surface area contributed by atoms with Gasteiger partial charge in [-0.15, -0.1) is 0 Å². The van der Waals surface area contributed by atoms with Crippen LogP contribution in [0.25, 0.3) is 0 Å². The third-order valence-corrected chi connectivity index (χ3v) is 4.58. The van der Waals surface area contributed by atoms with Crippen molar-refractivity contribution in [3.8, 4) is 5.75 Å². The summed E-state index contributed by atoms with van der Waals surface area (Å²) in [6, 6.07) is 8.89. The predicted octanol–water partition coefficient (Wildman–Crippen LogP) is 2.67. The van der Waals surface area contributed by atoms with Crippen LogP contribution in [0.5, 0.6) is 5.75 Å². The molecule has 130 valence electrons. The number of ether oxygens (including phenoxy) is 1. The summed E-state index contributed by atoms with van der Waals surface area (Å²) >= 11 is 0. The van der Waals surface area contributed by atoms with Gasteiger partial charge in [-0.05, 0) is 56.5 Å². The Hall–Kier alpha value is -1.85. The Balaban J connectivity index is 1.40. The molecule has 0 aliphatic carbocycles. The first-order valence-electron chi connectivity index (χ1n) is 8.95. The van der Waals surface area contributed by atoms with Gasteiger partial charge in [0.2, 0.25) is 0 Å². The molecule has 0 spiro atoms. The Morgan fingerprint density at radius 3 is 2.83 bits per heavy atom. The third-order valence-electron chi connectivity index (χ3n) is 4.58. The lowest BCUT2D eigenvalue weighted by Gasteiger charge is -2.20. The summed E-state index contributed by atoms with van der Waals surface area (Å²) in [4.78, 5) is 6.55. The molecule has 5 heteroatoms. The van der Waals surface area contributed by atoms with E-state index in [0.29, 0.717) is 6.04 Å². The fraction of sp³-hybridized carbons (Fsp3) is 0.526. The van der Waals surface area contributed by atoms with E-state index in [1.807, 2.05) is 12.5 Å². The monoisotopic (exact) mass is 328 g/mol. The van der Waals surface area contributed by atoms with Crippen LogP contribution >= 0.6 is 0 Å². The smallest absolute Gasteiger partial charge is 0.119 e. The van der Waals surface area contributed by atoms with E-state index in [1.165, 1.54) is 12.0 Å². The minimum Gasteiger partial charge on any atom is -0.494 e. The molecule has 0 radical (unpaired) electrons. The molecule has 3 rings (SSSR count). The molecule has 1 aliphatic heterocycles. The first-order valence-corrected chi connectivity index (χ1v) is 8.95. The summed E-state index contributed by atoms with van der Waals surface area (Å²) in [5, 5.41) is 0. The zero-order valence-electron chi connectivity index (χ0n) is 14.3. The van der Waals surface area contributed by atoms with Crippen LogP contribution in [-0.2, 0) is 13.1 Å². The fourth-order valence-corrected chi connectivity index (χ4v) is 3.15. The van der Waals surface area contributed by atoms with Gasteiger partial charge >= 0.3 is 0 Å². The molecule has 1 saturated heterocycles. The first-order chi connectivity index (χ1) is 11.8. The Kier molecular flexibility index (Phi) is 6.26. The van der Waals surface area contributed by atoms with Crippen molar-refractivity contribution in [1.29, 1.82) is 0 Å². The molecule has 1 aromatic carbocycles. The lowest BCUT2D eigenvalue weighted by molar-refractivity contribution is 0.275. The third kappa shape index (κ3) is 5.35. The van der Waals surface area contributed by atoms with Crippen molar-refractivity contribution in [2.45, 2.75) is 44.8 Å². The molecule has 1 fully saturated rings. The summed E-state index contributed by atoms with van der Waals surface area (Å²) in [6.07, 6.45) is 10.1. The molecule has 0 saturated carbocycles. The van der Waals surface area contributed by atoms with Crippen molar-refractivity contribution in [1.82, 2.24) is 14.5 Å². The maximum absolute atomic E-state index is 6.05. The summed E-state index contributed by atoms with van der Waals surface area (Å²) in [5.41, 5.74) is 7.39. The summed E-state index contributed by atoms with van der Waals surface area (Å²) in [5.74, 6) is 0.947. The summed E-state index contributed by atoms with van der Waals surface area (Å²) in [7, 11) is 0. The van der Waals surface area contributed by atoms with E-state index < -0.39 is 0 Å². The van der Waals surface area contributed by atoms with Gasteiger partial charge in [0.15, 0.2) is 0 Å². The highest BCUT2D eigenvalue weighted by Crippen LogP contribution is 2.16. The fourth-order valence-electron chi connectivity index (χ4n) is 3.15. The van der Waals surface area contributed by atoms with Crippen LogP contribution in [0.1, 0.15) is 31.2 Å². The number of nitrogens with zero attached hydrogens (tertiary/aromatic N) is 3. The Morgan fingerprint density at radius 2 is 2.04 bits per heavy atom. The number of aromatic nitrogens is 2. The molecule has 0 amide bonds. The number of benzene rings is 1. The second-order valence-electron chi connectivity index (χ2n) is 6.61. The van der Waals surface area contributed by atoms with E-state index in [1.54, 1.807) is 6.20 Å². The van der Waals surface area contributed by atoms with Gasteiger partial charge in [0, 0.05) is 31.5 Å². The quantitative estimate of drug-likeness (QED) is 0.794. The van der Waals surface area contributed by atoms with E-state index in [-0.39, 0.29) is 0 Å². The molecule has 2 aromatic rings. The first kappa shape index (κ1) is 17.0. The van der Waals surface area contributed by atoms with Gasteiger partial charge in [0.05, 0.1) is 12.9 Å². The molecule has 1 aliphatic rings. The molecule has 24 heavy (non-hydrogen) atoms. The topological polar surface area (TPSA) is 56.3 Å². The van der Waals surface area contributed by atoms with Crippen LogP contribution < -0.4 is 10.5 Å². The van der Waals surface area contributed by atoms with Gasteiger partial charge in [0.25, 0.3) is 0 Å². The SMILES string of the molecule is NC1CCCN(Cc2ccc(OCCCn3ccnc3)cc2)CC1. The number of imidazole rings is 1. The van der Waals surface area contributed by atoms with E-state index in [4.69, 9.17) is 10.5 Å². The average Bonchev–Trinajstić information content (AvgIpc) is 3.03. The molecule has 2 heterocycles. The van der Waals surface area contributed by atoms with Crippen LogP contribution in [0.2, 0.25) is 0 Å². The zero-order valence-corrected chi connectivity index (χ0v) is 14.3. The highest BCUT2D eigenvalue weighted by molar-refractivity contribution is 5.27. The maximum Gasteiger partial charge on any atom is 0.119 e. The van der Waals surface area contributed by atoms with E-state index in [2.05, 4.69) is 38.7 Å². The molecular formula is C19H28N4O. The molecule has 0 bridgehead atoms. The lowest BCUT2D eigenvalue weighted by atomic mass is 10.1. The molecule has 2 N–H and O–H groups in total. The number of aryl methyl sites for hydroxylation is 1. The minimum absolute atomic E-state index is 0.382. The summed E-state index contributed by atoms with van der Waals surface area (Å²) in [6.45, 7) is 4.93. The average molecular weight is 328 g/mol. The molecule has 5 nitrogen and oxygen atoms in total.